The van der Waals surface area contributed by atoms with E-state index < -0.39 is 0 Å². The SMILES string of the molecule is CN(C)c1nccc(N2CC(CN)C2)n1. The van der Waals surface area contributed by atoms with E-state index in [1.807, 2.05) is 25.1 Å². The van der Waals surface area contributed by atoms with Crippen LogP contribution in [0.3, 0.4) is 0 Å². The fourth-order valence-corrected chi connectivity index (χ4v) is 1.64. The van der Waals surface area contributed by atoms with Gasteiger partial charge >= 0.3 is 0 Å². The van der Waals surface area contributed by atoms with E-state index in [2.05, 4.69) is 14.9 Å². The van der Waals surface area contributed by atoms with Gasteiger partial charge in [0.05, 0.1) is 0 Å². The van der Waals surface area contributed by atoms with Crippen molar-refractivity contribution in [2.75, 3.05) is 43.5 Å². The molecule has 82 valence electrons. The van der Waals surface area contributed by atoms with Crippen molar-refractivity contribution in [3.8, 4) is 0 Å². The van der Waals surface area contributed by atoms with E-state index in [-0.39, 0.29) is 0 Å². The number of nitrogens with two attached hydrogens (primary N) is 1. The van der Waals surface area contributed by atoms with Crippen molar-refractivity contribution < 1.29 is 0 Å². The minimum absolute atomic E-state index is 0.628. The van der Waals surface area contributed by atoms with Gasteiger partial charge < -0.3 is 15.5 Å². The number of rotatable bonds is 3. The molecular weight excluding hydrogens is 190 g/mol. The zero-order chi connectivity index (χ0) is 10.8. The van der Waals surface area contributed by atoms with Crippen molar-refractivity contribution in [1.29, 1.82) is 0 Å². The molecular formula is C10H17N5. The van der Waals surface area contributed by atoms with Crippen molar-refractivity contribution in [2.24, 2.45) is 11.7 Å². The summed E-state index contributed by atoms with van der Waals surface area (Å²) in [4.78, 5) is 12.8. The third kappa shape index (κ3) is 2.02. The molecule has 0 amide bonds. The smallest absolute Gasteiger partial charge is 0.226 e. The minimum atomic E-state index is 0.628. The minimum Gasteiger partial charge on any atom is -0.356 e. The first-order valence-electron chi connectivity index (χ1n) is 5.16. The highest BCUT2D eigenvalue weighted by Crippen LogP contribution is 2.22. The van der Waals surface area contributed by atoms with Crippen LogP contribution in [-0.2, 0) is 0 Å². The fraction of sp³-hybridized carbons (Fsp3) is 0.600. The molecule has 2 heterocycles. The van der Waals surface area contributed by atoms with Crippen molar-refractivity contribution in [3.63, 3.8) is 0 Å². The molecule has 0 aromatic carbocycles. The molecule has 1 aromatic rings. The van der Waals surface area contributed by atoms with Crippen LogP contribution in [0, 0.1) is 5.92 Å². The monoisotopic (exact) mass is 207 g/mol. The Morgan fingerprint density at radius 2 is 2.27 bits per heavy atom. The molecule has 0 unspecified atom stereocenters. The summed E-state index contributed by atoms with van der Waals surface area (Å²) in [7, 11) is 3.88. The summed E-state index contributed by atoms with van der Waals surface area (Å²) in [5, 5.41) is 0. The molecule has 5 heteroatoms. The molecule has 0 radical (unpaired) electrons. The predicted octanol–water partition coefficient (Wildman–Crippen LogP) is -0.0625. The molecule has 5 nitrogen and oxygen atoms in total. The van der Waals surface area contributed by atoms with Crippen LogP contribution in [0.25, 0.3) is 0 Å². The third-order valence-electron chi connectivity index (χ3n) is 2.64. The van der Waals surface area contributed by atoms with Gasteiger partial charge in [0.25, 0.3) is 0 Å². The highest BCUT2D eigenvalue weighted by Gasteiger charge is 2.26. The summed E-state index contributed by atoms with van der Waals surface area (Å²) in [6.07, 6.45) is 1.80. The Balaban J connectivity index is 2.06. The molecule has 2 N–H and O–H groups in total. The van der Waals surface area contributed by atoms with Gasteiger partial charge in [-0.3, -0.25) is 0 Å². The number of nitrogens with zero attached hydrogens (tertiary/aromatic N) is 4. The van der Waals surface area contributed by atoms with Crippen LogP contribution in [0.2, 0.25) is 0 Å². The number of aromatic nitrogens is 2. The first-order valence-corrected chi connectivity index (χ1v) is 5.16. The van der Waals surface area contributed by atoms with Gasteiger partial charge in [0.15, 0.2) is 0 Å². The van der Waals surface area contributed by atoms with Gasteiger partial charge in [-0.15, -0.1) is 0 Å². The molecule has 1 aliphatic rings. The van der Waals surface area contributed by atoms with Crippen LogP contribution in [0.5, 0.6) is 0 Å². The number of hydrogen-bond acceptors (Lipinski definition) is 5. The lowest BCUT2D eigenvalue weighted by molar-refractivity contribution is 0.417. The Hall–Kier alpha value is -1.36. The molecule has 0 aliphatic carbocycles. The summed E-state index contributed by atoms with van der Waals surface area (Å²) in [5.74, 6) is 2.38. The van der Waals surface area contributed by atoms with Gasteiger partial charge in [0.2, 0.25) is 5.95 Å². The predicted molar refractivity (Wildman–Crippen MR) is 61.1 cm³/mol. The lowest BCUT2D eigenvalue weighted by atomic mass is 10.0. The van der Waals surface area contributed by atoms with E-state index in [0.29, 0.717) is 5.92 Å². The summed E-state index contributed by atoms with van der Waals surface area (Å²) in [6.45, 7) is 2.79. The third-order valence-corrected chi connectivity index (χ3v) is 2.64. The van der Waals surface area contributed by atoms with E-state index in [0.717, 1.165) is 31.4 Å². The Labute approximate surface area is 89.9 Å². The zero-order valence-corrected chi connectivity index (χ0v) is 9.22. The van der Waals surface area contributed by atoms with Gasteiger partial charge in [-0.05, 0) is 12.6 Å². The summed E-state index contributed by atoms with van der Waals surface area (Å²) < 4.78 is 0. The average Bonchev–Trinajstić information content (AvgIpc) is 2.16. The van der Waals surface area contributed by atoms with Crippen LogP contribution in [-0.4, -0.2) is 43.7 Å². The Kier molecular flexibility index (Phi) is 2.73. The normalized spacial score (nSPS) is 16.3. The summed E-state index contributed by atoms with van der Waals surface area (Å²) >= 11 is 0. The molecule has 0 bridgehead atoms. The number of anilines is 2. The second-order valence-corrected chi connectivity index (χ2v) is 4.12. The maximum absolute atomic E-state index is 5.58. The van der Waals surface area contributed by atoms with E-state index in [1.54, 1.807) is 6.20 Å². The van der Waals surface area contributed by atoms with Crippen LogP contribution in [0.4, 0.5) is 11.8 Å². The molecule has 0 atom stereocenters. The molecule has 2 rings (SSSR count). The summed E-state index contributed by atoms with van der Waals surface area (Å²) in [5.41, 5.74) is 5.58. The standard InChI is InChI=1S/C10H17N5/c1-14(2)10-12-4-3-9(13-10)15-6-8(5-11)7-15/h3-4,8H,5-7,11H2,1-2H3. The van der Waals surface area contributed by atoms with Crippen LogP contribution >= 0.6 is 0 Å². The fourth-order valence-electron chi connectivity index (χ4n) is 1.64. The maximum Gasteiger partial charge on any atom is 0.226 e. The largest absolute Gasteiger partial charge is 0.356 e. The quantitative estimate of drug-likeness (QED) is 0.752. The Bertz CT molecular complexity index is 332. The van der Waals surface area contributed by atoms with Gasteiger partial charge in [-0.1, -0.05) is 0 Å². The molecule has 1 aliphatic heterocycles. The van der Waals surface area contributed by atoms with E-state index in [4.69, 9.17) is 5.73 Å². The highest BCUT2D eigenvalue weighted by molar-refractivity contribution is 5.45. The van der Waals surface area contributed by atoms with E-state index in [9.17, 15) is 0 Å². The van der Waals surface area contributed by atoms with E-state index in [1.165, 1.54) is 0 Å². The first kappa shape index (κ1) is 10.2. The Morgan fingerprint density at radius 1 is 1.53 bits per heavy atom. The molecule has 1 saturated heterocycles. The van der Waals surface area contributed by atoms with Crippen molar-refractivity contribution in [2.45, 2.75) is 0 Å². The van der Waals surface area contributed by atoms with Gasteiger partial charge in [-0.25, -0.2) is 4.98 Å². The lowest BCUT2D eigenvalue weighted by Crippen LogP contribution is -2.50. The van der Waals surface area contributed by atoms with Crippen LogP contribution in [0.1, 0.15) is 0 Å². The molecule has 1 fully saturated rings. The van der Waals surface area contributed by atoms with Gasteiger partial charge in [0, 0.05) is 39.3 Å². The molecule has 0 saturated carbocycles. The molecule has 1 aromatic heterocycles. The second kappa shape index (κ2) is 4.02. The second-order valence-electron chi connectivity index (χ2n) is 4.12. The van der Waals surface area contributed by atoms with E-state index >= 15 is 0 Å². The highest BCUT2D eigenvalue weighted by atomic mass is 15.3. The topological polar surface area (TPSA) is 58.3 Å². The maximum atomic E-state index is 5.58. The van der Waals surface area contributed by atoms with Gasteiger partial charge in [0.1, 0.15) is 5.82 Å². The van der Waals surface area contributed by atoms with Crippen LogP contribution in [0.15, 0.2) is 12.3 Å². The molecule has 15 heavy (non-hydrogen) atoms. The first-order chi connectivity index (χ1) is 7.20. The van der Waals surface area contributed by atoms with Crippen molar-refractivity contribution in [3.05, 3.63) is 12.3 Å². The van der Waals surface area contributed by atoms with Crippen LogP contribution < -0.4 is 15.5 Å². The molecule has 0 spiro atoms. The Morgan fingerprint density at radius 3 is 2.87 bits per heavy atom. The summed E-state index contributed by atoms with van der Waals surface area (Å²) in [6, 6.07) is 1.94. The lowest BCUT2D eigenvalue weighted by Gasteiger charge is -2.39. The number of hydrogen-bond donors (Lipinski definition) is 1. The van der Waals surface area contributed by atoms with Crippen molar-refractivity contribution >= 4 is 11.8 Å². The van der Waals surface area contributed by atoms with Crippen molar-refractivity contribution in [1.82, 2.24) is 9.97 Å². The zero-order valence-electron chi connectivity index (χ0n) is 9.22. The van der Waals surface area contributed by atoms with Gasteiger partial charge in [-0.2, -0.15) is 4.98 Å². The average molecular weight is 207 g/mol.